The van der Waals surface area contributed by atoms with Crippen LogP contribution in [0.15, 0.2) is 48.7 Å². The molecule has 2 aromatic heterocycles. The van der Waals surface area contributed by atoms with Crippen LogP contribution in [0.4, 0.5) is 10.2 Å². The lowest BCUT2D eigenvalue weighted by molar-refractivity contribution is 0.0961. The first kappa shape index (κ1) is 16.7. The molecule has 0 aliphatic carbocycles. The second-order valence-electron chi connectivity index (χ2n) is 5.96. The number of ether oxygens (including phenoxy) is 1. The minimum absolute atomic E-state index is 0.178. The highest BCUT2D eigenvalue weighted by atomic mass is 19.1. The highest BCUT2D eigenvalue weighted by molar-refractivity contribution is 6.05. The van der Waals surface area contributed by atoms with Gasteiger partial charge in [0.25, 0.3) is 5.91 Å². The predicted molar refractivity (Wildman–Crippen MR) is 93.6 cm³/mol. The number of hydrogen-bond acceptors (Lipinski definition) is 5. The van der Waals surface area contributed by atoms with Gasteiger partial charge in [0.05, 0.1) is 24.4 Å². The van der Waals surface area contributed by atoms with Gasteiger partial charge in [0.15, 0.2) is 0 Å². The molecule has 1 aromatic carbocycles. The fraction of sp³-hybridized carbons (Fsp3) is 0.158. The molecule has 0 N–H and O–H groups in total. The standard InChI is InChI=1S/C19H14FN5O2/c20-14-4-5-18(22-11-14)24-6-7-25-17(19(24)26)9-15(23-25)12-27-16-3-1-2-13(8-16)10-21/h1-5,8-9,11H,6-7,12H2. The lowest BCUT2D eigenvalue weighted by atomic mass is 10.2. The third-order valence-corrected chi connectivity index (χ3v) is 4.17. The summed E-state index contributed by atoms with van der Waals surface area (Å²) in [7, 11) is 0. The molecule has 4 rings (SSSR count). The molecule has 0 atom stereocenters. The van der Waals surface area contributed by atoms with Crippen LogP contribution < -0.4 is 9.64 Å². The molecule has 8 heteroatoms. The maximum Gasteiger partial charge on any atom is 0.277 e. The van der Waals surface area contributed by atoms with Crippen LogP contribution in [0.2, 0.25) is 0 Å². The second-order valence-corrected chi connectivity index (χ2v) is 5.96. The normalized spacial score (nSPS) is 13.2. The molecule has 0 fully saturated rings. The summed E-state index contributed by atoms with van der Waals surface area (Å²) in [6, 6.07) is 13.3. The number of hydrogen-bond donors (Lipinski definition) is 0. The molecule has 0 saturated carbocycles. The van der Waals surface area contributed by atoms with E-state index in [-0.39, 0.29) is 12.5 Å². The fourth-order valence-electron chi connectivity index (χ4n) is 2.88. The number of anilines is 1. The first-order valence-corrected chi connectivity index (χ1v) is 8.27. The average Bonchev–Trinajstić information content (AvgIpc) is 3.12. The quantitative estimate of drug-likeness (QED) is 0.711. The van der Waals surface area contributed by atoms with Crippen molar-refractivity contribution in [3.05, 3.63) is 71.4 Å². The van der Waals surface area contributed by atoms with Gasteiger partial charge in [0.2, 0.25) is 0 Å². The van der Waals surface area contributed by atoms with Crippen LogP contribution in [0.1, 0.15) is 21.7 Å². The summed E-state index contributed by atoms with van der Waals surface area (Å²) in [5.74, 6) is 0.266. The first-order valence-electron chi connectivity index (χ1n) is 8.27. The van der Waals surface area contributed by atoms with Crippen molar-refractivity contribution in [2.75, 3.05) is 11.4 Å². The van der Waals surface area contributed by atoms with Crippen LogP contribution >= 0.6 is 0 Å². The van der Waals surface area contributed by atoms with Gasteiger partial charge in [-0.3, -0.25) is 14.4 Å². The van der Waals surface area contributed by atoms with Crippen molar-refractivity contribution in [2.45, 2.75) is 13.2 Å². The monoisotopic (exact) mass is 363 g/mol. The maximum atomic E-state index is 13.1. The molecule has 0 radical (unpaired) electrons. The van der Waals surface area contributed by atoms with Gasteiger partial charge in [-0.15, -0.1) is 0 Å². The number of nitrogens with zero attached hydrogens (tertiary/aromatic N) is 5. The van der Waals surface area contributed by atoms with Gasteiger partial charge in [-0.05, 0) is 36.4 Å². The van der Waals surface area contributed by atoms with Gasteiger partial charge in [0, 0.05) is 6.54 Å². The number of carbonyl (C=O) groups is 1. The summed E-state index contributed by atoms with van der Waals surface area (Å²) >= 11 is 0. The number of benzene rings is 1. The topological polar surface area (TPSA) is 84.0 Å². The van der Waals surface area contributed by atoms with Gasteiger partial charge in [-0.25, -0.2) is 9.37 Å². The number of pyridine rings is 1. The Morgan fingerprint density at radius 2 is 2.11 bits per heavy atom. The molecule has 134 valence electrons. The Bertz CT molecular complexity index is 1040. The molecular weight excluding hydrogens is 349 g/mol. The zero-order chi connectivity index (χ0) is 18.8. The Kier molecular flexibility index (Phi) is 4.26. The molecule has 0 bridgehead atoms. The van der Waals surface area contributed by atoms with Gasteiger partial charge in [-0.2, -0.15) is 10.4 Å². The van der Waals surface area contributed by atoms with Crippen molar-refractivity contribution in [1.29, 1.82) is 5.26 Å². The fourth-order valence-corrected chi connectivity index (χ4v) is 2.88. The van der Waals surface area contributed by atoms with Crippen LogP contribution in [0.25, 0.3) is 0 Å². The molecule has 1 aliphatic rings. The van der Waals surface area contributed by atoms with E-state index in [4.69, 9.17) is 10.00 Å². The minimum atomic E-state index is -0.451. The first-order chi connectivity index (χ1) is 13.1. The van der Waals surface area contributed by atoms with Crippen molar-refractivity contribution in [2.24, 2.45) is 0 Å². The summed E-state index contributed by atoms with van der Waals surface area (Å²) in [5, 5.41) is 13.3. The highest BCUT2D eigenvalue weighted by Crippen LogP contribution is 2.21. The summed E-state index contributed by atoms with van der Waals surface area (Å²) in [4.78, 5) is 18.2. The van der Waals surface area contributed by atoms with Crippen LogP contribution in [0.5, 0.6) is 5.75 Å². The van der Waals surface area contributed by atoms with Crippen LogP contribution in [0.3, 0.4) is 0 Å². The van der Waals surface area contributed by atoms with E-state index >= 15 is 0 Å². The molecule has 0 unspecified atom stereocenters. The second kappa shape index (κ2) is 6.88. The number of aromatic nitrogens is 3. The summed E-state index contributed by atoms with van der Waals surface area (Å²) in [5.41, 5.74) is 1.54. The van der Waals surface area contributed by atoms with Crippen LogP contribution in [0, 0.1) is 17.1 Å². The van der Waals surface area contributed by atoms with Crippen molar-refractivity contribution in [3.8, 4) is 11.8 Å². The van der Waals surface area contributed by atoms with E-state index in [0.29, 0.717) is 41.6 Å². The number of carbonyl (C=O) groups excluding carboxylic acids is 1. The largest absolute Gasteiger partial charge is 0.487 e. The van der Waals surface area contributed by atoms with E-state index in [1.54, 1.807) is 35.0 Å². The number of rotatable bonds is 4. The van der Waals surface area contributed by atoms with Crippen molar-refractivity contribution in [3.63, 3.8) is 0 Å². The van der Waals surface area contributed by atoms with Gasteiger partial charge in [0.1, 0.15) is 35.4 Å². The molecule has 27 heavy (non-hydrogen) atoms. The Balaban J connectivity index is 1.50. The number of amides is 1. The Hall–Kier alpha value is -3.73. The number of nitriles is 1. The smallest absolute Gasteiger partial charge is 0.277 e. The molecule has 3 heterocycles. The molecule has 7 nitrogen and oxygen atoms in total. The Morgan fingerprint density at radius 3 is 2.89 bits per heavy atom. The van der Waals surface area contributed by atoms with Crippen LogP contribution in [-0.4, -0.2) is 27.2 Å². The predicted octanol–water partition coefficient (Wildman–Crippen LogP) is 2.53. The van der Waals surface area contributed by atoms with Gasteiger partial charge < -0.3 is 4.74 Å². The molecule has 0 spiro atoms. The van der Waals surface area contributed by atoms with Crippen LogP contribution in [-0.2, 0) is 13.2 Å². The van der Waals surface area contributed by atoms with Crippen molar-refractivity contribution >= 4 is 11.7 Å². The van der Waals surface area contributed by atoms with Crippen molar-refractivity contribution in [1.82, 2.24) is 14.8 Å². The lowest BCUT2D eigenvalue weighted by Gasteiger charge is -2.26. The summed E-state index contributed by atoms with van der Waals surface area (Å²) < 4.78 is 20.4. The van der Waals surface area contributed by atoms with E-state index in [9.17, 15) is 9.18 Å². The van der Waals surface area contributed by atoms with E-state index < -0.39 is 5.82 Å². The van der Waals surface area contributed by atoms with Crippen molar-refractivity contribution < 1.29 is 13.9 Å². The van der Waals surface area contributed by atoms with E-state index in [1.807, 2.05) is 0 Å². The molecule has 1 aliphatic heterocycles. The molecule has 0 saturated heterocycles. The third-order valence-electron chi connectivity index (χ3n) is 4.17. The third kappa shape index (κ3) is 3.35. The summed E-state index contributed by atoms with van der Waals surface area (Å²) in [6.45, 7) is 1.08. The highest BCUT2D eigenvalue weighted by Gasteiger charge is 2.28. The number of fused-ring (bicyclic) bond motifs is 1. The number of halogens is 1. The molecule has 1 amide bonds. The van der Waals surface area contributed by atoms with E-state index in [2.05, 4.69) is 16.2 Å². The van der Waals surface area contributed by atoms with Gasteiger partial charge in [-0.1, -0.05) is 6.07 Å². The summed E-state index contributed by atoms with van der Waals surface area (Å²) in [6.07, 6.45) is 1.09. The average molecular weight is 363 g/mol. The lowest BCUT2D eigenvalue weighted by Crippen LogP contribution is -2.40. The van der Waals surface area contributed by atoms with E-state index in [0.717, 1.165) is 6.20 Å². The SMILES string of the molecule is N#Cc1cccc(OCc2cc3n(n2)CCN(c2ccc(F)cn2)C3=O)c1. The zero-order valence-corrected chi connectivity index (χ0v) is 14.2. The molecular formula is C19H14FN5O2. The maximum absolute atomic E-state index is 13.1. The van der Waals surface area contributed by atoms with Gasteiger partial charge >= 0.3 is 0 Å². The zero-order valence-electron chi connectivity index (χ0n) is 14.2. The minimum Gasteiger partial charge on any atom is -0.487 e. The molecule has 3 aromatic rings. The van der Waals surface area contributed by atoms with E-state index in [1.165, 1.54) is 17.0 Å². The Labute approximate surface area is 154 Å². The Morgan fingerprint density at radius 1 is 1.22 bits per heavy atom.